The standard InChI is InChI=1S/C25H28N4O2/c1-18-3-7-20(8-4-18)24-26-14-11-23(28-24)29-15-12-21(13-16-29)25(30)27-17-19-5-9-22(31-2)10-6-19/h3-11,14,21H,12-13,15-17H2,1-2H3,(H,27,30). The van der Waals surface area contributed by atoms with Gasteiger partial charge in [-0.1, -0.05) is 42.0 Å². The van der Waals surface area contributed by atoms with Crippen LogP contribution in [0.3, 0.4) is 0 Å². The Balaban J connectivity index is 1.31. The fourth-order valence-corrected chi connectivity index (χ4v) is 3.81. The van der Waals surface area contributed by atoms with Crippen LogP contribution in [-0.4, -0.2) is 36.1 Å². The van der Waals surface area contributed by atoms with Gasteiger partial charge in [-0.05, 0) is 43.5 Å². The van der Waals surface area contributed by atoms with E-state index in [2.05, 4.69) is 34.3 Å². The van der Waals surface area contributed by atoms with Gasteiger partial charge in [-0.25, -0.2) is 9.97 Å². The summed E-state index contributed by atoms with van der Waals surface area (Å²) in [5, 5.41) is 3.07. The maximum Gasteiger partial charge on any atom is 0.223 e. The maximum atomic E-state index is 12.6. The second-order valence-corrected chi connectivity index (χ2v) is 7.93. The van der Waals surface area contributed by atoms with Crippen LogP contribution in [0.25, 0.3) is 11.4 Å². The minimum absolute atomic E-state index is 0.0351. The third kappa shape index (κ3) is 5.20. The number of nitrogens with one attached hydrogen (secondary N) is 1. The van der Waals surface area contributed by atoms with E-state index < -0.39 is 0 Å². The lowest BCUT2D eigenvalue weighted by Gasteiger charge is -2.32. The zero-order chi connectivity index (χ0) is 21.6. The molecule has 6 nitrogen and oxygen atoms in total. The molecule has 0 aliphatic carbocycles. The van der Waals surface area contributed by atoms with Gasteiger partial charge in [0.1, 0.15) is 11.6 Å². The molecule has 1 N–H and O–H groups in total. The predicted molar refractivity (Wildman–Crippen MR) is 122 cm³/mol. The molecule has 1 saturated heterocycles. The van der Waals surface area contributed by atoms with E-state index in [9.17, 15) is 4.79 Å². The van der Waals surface area contributed by atoms with Gasteiger partial charge in [-0.2, -0.15) is 0 Å². The highest BCUT2D eigenvalue weighted by Crippen LogP contribution is 2.24. The molecular weight excluding hydrogens is 388 g/mol. The molecule has 0 radical (unpaired) electrons. The number of amides is 1. The van der Waals surface area contributed by atoms with Crippen molar-refractivity contribution < 1.29 is 9.53 Å². The normalized spacial score (nSPS) is 14.3. The van der Waals surface area contributed by atoms with Gasteiger partial charge in [-0.15, -0.1) is 0 Å². The summed E-state index contributed by atoms with van der Waals surface area (Å²) < 4.78 is 5.17. The molecule has 4 rings (SSSR count). The molecule has 6 heteroatoms. The summed E-state index contributed by atoms with van der Waals surface area (Å²) in [6.45, 7) is 4.23. The van der Waals surface area contributed by atoms with Gasteiger partial charge >= 0.3 is 0 Å². The Morgan fingerprint density at radius 2 is 1.77 bits per heavy atom. The second kappa shape index (κ2) is 9.60. The van der Waals surface area contributed by atoms with E-state index in [0.29, 0.717) is 6.54 Å². The van der Waals surface area contributed by atoms with Crippen molar-refractivity contribution in [3.05, 3.63) is 71.9 Å². The molecule has 31 heavy (non-hydrogen) atoms. The third-order valence-electron chi connectivity index (χ3n) is 5.77. The van der Waals surface area contributed by atoms with Crippen LogP contribution in [0.15, 0.2) is 60.8 Å². The van der Waals surface area contributed by atoms with E-state index in [1.165, 1.54) is 5.56 Å². The highest BCUT2D eigenvalue weighted by Gasteiger charge is 2.25. The Labute approximate surface area is 183 Å². The number of benzene rings is 2. The monoisotopic (exact) mass is 416 g/mol. The molecule has 3 aromatic rings. The van der Waals surface area contributed by atoms with Crippen LogP contribution >= 0.6 is 0 Å². The van der Waals surface area contributed by atoms with Crippen LogP contribution in [0.2, 0.25) is 0 Å². The van der Waals surface area contributed by atoms with Crippen LogP contribution < -0.4 is 15.0 Å². The SMILES string of the molecule is COc1ccc(CNC(=O)C2CCN(c3ccnc(-c4ccc(C)cc4)n3)CC2)cc1. The number of methoxy groups -OCH3 is 1. The zero-order valence-electron chi connectivity index (χ0n) is 18.0. The van der Waals surface area contributed by atoms with Crippen molar-refractivity contribution in [3.8, 4) is 17.1 Å². The fourth-order valence-electron chi connectivity index (χ4n) is 3.81. The molecule has 0 unspecified atom stereocenters. The summed E-state index contributed by atoms with van der Waals surface area (Å²) in [7, 11) is 1.65. The lowest BCUT2D eigenvalue weighted by molar-refractivity contribution is -0.125. The van der Waals surface area contributed by atoms with E-state index in [-0.39, 0.29) is 11.8 Å². The first-order valence-corrected chi connectivity index (χ1v) is 10.7. The summed E-state index contributed by atoms with van der Waals surface area (Å²) in [6, 6.07) is 18.0. The van der Waals surface area contributed by atoms with E-state index in [4.69, 9.17) is 9.72 Å². The summed E-state index contributed by atoms with van der Waals surface area (Å²) in [5.41, 5.74) is 3.30. The van der Waals surface area contributed by atoms with Crippen LogP contribution in [0, 0.1) is 12.8 Å². The number of rotatable bonds is 6. The van der Waals surface area contributed by atoms with Crippen LogP contribution in [0.1, 0.15) is 24.0 Å². The fraction of sp³-hybridized carbons (Fsp3) is 0.320. The number of aryl methyl sites for hydroxylation is 1. The first kappa shape index (κ1) is 20.8. The number of carbonyl (C=O) groups is 1. The van der Waals surface area contributed by atoms with E-state index in [1.807, 2.05) is 48.7 Å². The molecule has 1 aromatic heterocycles. The minimum atomic E-state index is 0.0351. The van der Waals surface area contributed by atoms with Crippen molar-refractivity contribution in [2.75, 3.05) is 25.1 Å². The highest BCUT2D eigenvalue weighted by molar-refractivity contribution is 5.79. The third-order valence-corrected chi connectivity index (χ3v) is 5.77. The van der Waals surface area contributed by atoms with Crippen molar-refractivity contribution in [3.63, 3.8) is 0 Å². The van der Waals surface area contributed by atoms with Gasteiger partial charge < -0.3 is 15.0 Å². The smallest absolute Gasteiger partial charge is 0.223 e. The lowest BCUT2D eigenvalue weighted by atomic mass is 9.96. The average molecular weight is 417 g/mol. The van der Waals surface area contributed by atoms with Crippen molar-refractivity contribution in [1.82, 2.24) is 15.3 Å². The van der Waals surface area contributed by atoms with E-state index in [0.717, 1.165) is 54.4 Å². The molecule has 0 spiro atoms. The number of aromatic nitrogens is 2. The Hall–Kier alpha value is -3.41. The summed E-state index contributed by atoms with van der Waals surface area (Å²) in [4.78, 5) is 24.1. The molecule has 1 amide bonds. The number of nitrogens with zero attached hydrogens (tertiary/aromatic N) is 3. The largest absolute Gasteiger partial charge is 0.497 e. The number of piperidine rings is 1. The van der Waals surface area contributed by atoms with Crippen LogP contribution in [-0.2, 0) is 11.3 Å². The van der Waals surface area contributed by atoms with Crippen molar-refractivity contribution >= 4 is 11.7 Å². The topological polar surface area (TPSA) is 67.3 Å². The molecule has 0 saturated carbocycles. The summed E-state index contributed by atoms with van der Waals surface area (Å²) >= 11 is 0. The van der Waals surface area contributed by atoms with Gasteiger partial charge in [0.25, 0.3) is 0 Å². The molecule has 160 valence electrons. The molecule has 2 aromatic carbocycles. The summed E-state index contributed by atoms with van der Waals surface area (Å²) in [5.74, 6) is 2.63. The number of anilines is 1. The minimum Gasteiger partial charge on any atom is -0.497 e. The van der Waals surface area contributed by atoms with Gasteiger partial charge in [0.2, 0.25) is 5.91 Å². The van der Waals surface area contributed by atoms with Crippen molar-refractivity contribution in [1.29, 1.82) is 0 Å². The first-order valence-electron chi connectivity index (χ1n) is 10.7. The zero-order valence-corrected chi connectivity index (χ0v) is 18.0. The van der Waals surface area contributed by atoms with Gasteiger partial charge in [-0.3, -0.25) is 4.79 Å². The predicted octanol–water partition coefficient (Wildman–Crippen LogP) is 3.99. The second-order valence-electron chi connectivity index (χ2n) is 7.93. The van der Waals surface area contributed by atoms with Gasteiger partial charge in [0.15, 0.2) is 5.82 Å². The Morgan fingerprint density at radius 3 is 2.45 bits per heavy atom. The number of carbonyl (C=O) groups excluding carboxylic acids is 1. The van der Waals surface area contributed by atoms with E-state index in [1.54, 1.807) is 7.11 Å². The van der Waals surface area contributed by atoms with Crippen molar-refractivity contribution in [2.24, 2.45) is 5.92 Å². The van der Waals surface area contributed by atoms with Crippen molar-refractivity contribution in [2.45, 2.75) is 26.3 Å². The average Bonchev–Trinajstić information content (AvgIpc) is 2.83. The molecular formula is C25H28N4O2. The van der Waals surface area contributed by atoms with Crippen LogP contribution in [0.4, 0.5) is 5.82 Å². The first-order chi connectivity index (χ1) is 15.1. The highest BCUT2D eigenvalue weighted by atomic mass is 16.5. The number of hydrogen-bond acceptors (Lipinski definition) is 5. The molecule has 2 heterocycles. The summed E-state index contributed by atoms with van der Waals surface area (Å²) in [6.07, 6.45) is 3.45. The van der Waals surface area contributed by atoms with Gasteiger partial charge in [0.05, 0.1) is 7.11 Å². The number of hydrogen-bond donors (Lipinski definition) is 1. The Kier molecular flexibility index (Phi) is 6.46. The molecule has 1 fully saturated rings. The quantitative estimate of drug-likeness (QED) is 0.658. The molecule has 0 bridgehead atoms. The molecule has 0 atom stereocenters. The van der Waals surface area contributed by atoms with E-state index >= 15 is 0 Å². The lowest BCUT2D eigenvalue weighted by Crippen LogP contribution is -2.40. The Bertz CT molecular complexity index is 1010. The Morgan fingerprint density at radius 1 is 1.06 bits per heavy atom. The number of ether oxygens (including phenoxy) is 1. The molecule has 1 aliphatic heterocycles. The van der Waals surface area contributed by atoms with Gasteiger partial charge in [0, 0.05) is 37.3 Å². The maximum absolute atomic E-state index is 12.6. The van der Waals surface area contributed by atoms with Crippen LogP contribution in [0.5, 0.6) is 5.75 Å². The molecule has 1 aliphatic rings.